The van der Waals surface area contributed by atoms with E-state index >= 15 is 0 Å². The molecular formula is C15H13Br2ClFNO. The van der Waals surface area contributed by atoms with E-state index in [1.165, 1.54) is 6.07 Å². The maximum absolute atomic E-state index is 13.8. The molecule has 0 aromatic heterocycles. The number of benzene rings is 2. The maximum atomic E-state index is 13.8. The molecule has 0 amide bonds. The van der Waals surface area contributed by atoms with Gasteiger partial charge >= 0.3 is 0 Å². The topological polar surface area (TPSA) is 21.3 Å². The van der Waals surface area contributed by atoms with Gasteiger partial charge in [-0.1, -0.05) is 33.6 Å². The van der Waals surface area contributed by atoms with Crippen molar-refractivity contribution in [3.63, 3.8) is 0 Å². The smallest absolute Gasteiger partial charge is 0.147 e. The second kappa shape index (κ2) is 7.47. The quantitative estimate of drug-likeness (QED) is 0.618. The molecule has 0 aliphatic carbocycles. The average molecular weight is 438 g/mol. The lowest BCUT2D eigenvalue weighted by molar-refractivity contribution is 0.334. The summed E-state index contributed by atoms with van der Waals surface area (Å²) >= 11 is 12.9. The summed E-state index contributed by atoms with van der Waals surface area (Å²) in [6.07, 6.45) is 0. The number of rotatable bonds is 5. The van der Waals surface area contributed by atoms with E-state index in [2.05, 4.69) is 37.2 Å². The van der Waals surface area contributed by atoms with Crippen molar-refractivity contribution in [1.29, 1.82) is 0 Å². The molecule has 2 aromatic carbocycles. The van der Waals surface area contributed by atoms with Crippen LogP contribution in [0.5, 0.6) is 5.75 Å². The summed E-state index contributed by atoms with van der Waals surface area (Å²) in [5, 5.41) is 3.37. The van der Waals surface area contributed by atoms with Crippen LogP contribution in [0.4, 0.5) is 10.1 Å². The number of anilines is 1. The van der Waals surface area contributed by atoms with Gasteiger partial charge < -0.3 is 10.1 Å². The summed E-state index contributed by atoms with van der Waals surface area (Å²) in [5.74, 6) is 0.357. The van der Waals surface area contributed by atoms with Crippen LogP contribution >= 0.6 is 43.5 Å². The van der Waals surface area contributed by atoms with Crippen molar-refractivity contribution in [2.24, 2.45) is 0 Å². The van der Waals surface area contributed by atoms with E-state index in [1.807, 2.05) is 19.1 Å². The predicted molar refractivity (Wildman–Crippen MR) is 91.7 cm³/mol. The molecule has 0 saturated heterocycles. The fourth-order valence-corrected chi connectivity index (χ4v) is 3.56. The first-order valence-corrected chi connectivity index (χ1v) is 8.28. The largest absolute Gasteiger partial charge is 0.492 e. The van der Waals surface area contributed by atoms with Gasteiger partial charge in [0, 0.05) is 16.6 Å². The van der Waals surface area contributed by atoms with Crippen molar-refractivity contribution in [2.75, 3.05) is 11.9 Å². The lowest BCUT2D eigenvalue weighted by atomic mass is 10.2. The van der Waals surface area contributed by atoms with E-state index in [9.17, 15) is 4.39 Å². The summed E-state index contributed by atoms with van der Waals surface area (Å²) in [7, 11) is 0. The molecular weight excluding hydrogens is 424 g/mol. The molecule has 6 heteroatoms. The van der Waals surface area contributed by atoms with Crippen LogP contribution < -0.4 is 10.1 Å². The first kappa shape index (κ1) is 16.6. The van der Waals surface area contributed by atoms with Crippen LogP contribution in [-0.4, -0.2) is 6.61 Å². The van der Waals surface area contributed by atoms with Gasteiger partial charge in [0.25, 0.3) is 0 Å². The Bertz CT molecular complexity index is 632. The molecule has 0 unspecified atom stereocenters. The maximum Gasteiger partial charge on any atom is 0.147 e. The van der Waals surface area contributed by atoms with Crippen molar-refractivity contribution < 1.29 is 9.13 Å². The summed E-state index contributed by atoms with van der Waals surface area (Å²) in [5.41, 5.74) is 1.19. The Morgan fingerprint density at radius 2 is 2.05 bits per heavy atom. The lowest BCUT2D eigenvalue weighted by Crippen LogP contribution is -2.05. The van der Waals surface area contributed by atoms with E-state index in [4.69, 9.17) is 16.3 Å². The third-order valence-corrected chi connectivity index (χ3v) is 4.15. The number of nitrogens with one attached hydrogen (secondary N) is 1. The average Bonchev–Trinajstić information content (AvgIpc) is 2.42. The van der Waals surface area contributed by atoms with Crippen molar-refractivity contribution in [2.45, 2.75) is 13.5 Å². The Labute approximate surface area is 144 Å². The lowest BCUT2D eigenvalue weighted by Gasteiger charge is -2.15. The Hall–Kier alpha value is -0.780. The van der Waals surface area contributed by atoms with Gasteiger partial charge in [-0.15, -0.1) is 0 Å². The van der Waals surface area contributed by atoms with E-state index in [1.54, 1.807) is 12.1 Å². The van der Waals surface area contributed by atoms with E-state index in [-0.39, 0.29) is 11.5 Å². The Balaban J connectivity index is 2.27. The van der Waals surface area contributed by atoms with Crippen LogP contribution in [-0.2, 0) is 6.54 Å². The molecule has 0 saturated carbocycles. The highest BCUT2D eigenvalue weighted by Gasteiger charge is 2.12. The molecule has 112 valence electrons. The van der Waals surface area contributed by atoms with Gasteiger partial charge in [0.2, 0.25) is 0 Å². The van der Waals surface area contributed by atoms with Gasteiger partial charge in [-0.2, -0.15) is 0 Å². The summed E-state index contributed by atoms with van der Waals surface area (Å²) < 4.78 is 21.2. The van der Waals surface area contributed by atoms with E-state index in [0.29, 0.717) is 18.2 Å². The van der Waals surface area contributed by atoms with Gasteiger partial charge in [-0.05, 0) is 47.1 Å². The number of ether oxygens (including phenoxy) is 1. The summed E-state index contributed by atoms with van der Waals surface area (Å²) in [4.78, 5) is 0. The Morgan fingerprint density at radius 3 is 2.71 bits per heavy atom. The minimum absolute atomic E-state index is 0.290. The first-order valence-electron chi connectivity index (χ1n) is 6.31. The summed E-state index contributed by atoms with van der Waals surface area (Å²) in [6.45, 7) is 2.86. The number of hydrogen-bond donors (Lipinski definition) is 1. The SMILES string of the molecule is CCOc1c(Br)cc(Br)cc1CNc1c(F)cccc1Cl. The molecule has 1 N–H and O–H groups in total. The number of para-hydroxylation sites is 1. The van der Waals surface area contributed by atoms with Crippen LogP contribution in [0.15, 0.2) is 39.3 Å². The third-order valence-electron chi connectivity index (χ3n) is 2.79. The Morgan fingerprint density at radius 1 is 1.29 bits per heavy atom. The molecule has 0 bridgehead atoms. The van der Waals surface area contributed by atoms with Crippen LogP contribution in [0.1, 0.15) is 12.5 Å². The molecule has 2 nitrogen and oxygen atoms in total. The van der Waals surface area contributed by atoms with E-state index < -0.39 is 0 Å². The second-order valence-electron chi connectivity index (χ2n) is 4.26. The van der Waals surface area contributed by atoms with Crippen LogP contribution in [0.3, 0.4) is 0 Å². The highest BCUT2D eigenvalue weighted by molar-refractivity contribution is 9.11. The molecule has 0 spiro atoms. The predicted octanol–water partition coefficient (Wildman–Crippen LogP) is 6.01. The molecule has 21 heavy (non-hydrogen) atoms. The van der Waals surface area contributed by atoms with Crippen molar-refractivity contribution in [1.82, 2.24) is 0 Å². The molecule has 2 aromatic rings. The van der Waals surface area contributed by atoms with E-state index in [0.717, 1.165) is 20.3 Å². The normalized spacial score (nSPS) is 10.5. The summed E-state index contributed by atoms with van der Waals surface area (Å²) in [6, 6.07) is 8.42. The molecule has 2 rings (SSSR count). The van der Waals surface area contributed by atoms with Gasteiger partial charge in [0.05, 0.1) is 21.8 Å². The van der Waals surface area contributed by atoms with Crippen molar-refractivity contribution >= 4 is 49.1 Å². The molecule has 0 fully saturated rings. The molecule has 0 aliphatic heterocycles. The zero-order chi connectivity index (χ0) is 15.4. The van der Waals surface area contributed by atoms with Crippen LogP contribution in [0.25, 0.3) is 0 Å². The monoisotopic (exact) mass is 435 g/mol. The molecule has 0 heterocycles. The Kier molecular flexibility index (Phi) is 5.90. The van der Waals surface area contributed by atoms with Crippen LogP contribution in [0.2, 0.25) is 5.02 Å². The zero-order valence-corrected chi connectivity index (χ0v) is 15.1. The second-order valence-corrected chi connectivity index (χ2v) is 6.44. The minimum Gasteiger partial charge on any atom is -0.492 e. The standard InChI is InChI=1S/C15H13Br2ClFNO/c1-2-21-15-9(6-10(16)7-11(15)17)8-20-14-12(18)4-3-5-13(14)19/h3-7,20H,2,8H2,1H3. The fourth-order valence-electron chi connectivity index (χ4n) is 1.90. The van der Waals surface area contributed by atoms with Crippen LogP contribution in [0, 0.1) is 5.82 Å². The number of halogens is 4. The van der Waals surface area contributed by atoms with Crippen molar-refractivity contribution in [3.05, 3.63) is 55.7 Å². The van der Waals surface area contributed by atoms with Gasteiger partial charge in [-0.25, -0.2) is 4.39 Å². The zero-order valence-electron chi connectivity index (χ0n) is 11.2. The highest BCUT2D eigenvalue weighted by atomic mass is 79.9. The third kappa shape index (κ3) is 4.11. The van der Waals surface area contributed by atoms with Crippen molar-refractivity contribution in [3.8, 4) is 5.75 Å². The fraction of sp³-hybridized carbons (Fsp3) is 0.200. The molecule has 0 atom stereocenters. The molecule has 0 aliphatic rings. The van der Waals surface area contributed by atoms with Gasteiger partial charge in [-0.3, -0.25) is 0 Å². The molecule has 0 radical (unpaired) electrons. The minimum atomic E-state index is -0.380. The van der Waals surface area contributed by atoms with Gasteiger partial charge in [0.15, 0.2) is 0 Å². The van der Waals surface area contributed by atoms with Gasteiger partial charge in [0.1, 0.15) is 11.6 Å². The first-order chi connectivity index (χ1) is 10.0. The highest BCUT2D eigenvalue weighted by Crippen LogP contribution is 2.34. The number of hydrogen-bond acceptors (Lipinski definition) is 2.